The highest BCUT2D eigenvalue weighted by Crippen LogP contribution is 1.81. The number of esters is 1. The van der Waals surface area contributed by atoms with Gasteiger partial charge in [0.1, 0.15) is 6.61 Å². The van der Waals surface area contributed by atoms with E-state index in [1.165, 1.54) is 6.92 Å². The van der Waals surface area contributed by atoms with Crippen LogP contribution in [0.5, 0.6) is 0 Å². The van der Waals surface area contributed by atoms with Crippen molar-refractivity contribution in [2.45, 2.75) is 26.9 Å². The normalized spacial score (nSPS) is 11.0. The summed E-state index contributed by atoms with van der Waals surface area (Å²) in [6.45, 7) is 4.89. The number of carbonyl (C=O) groups excluding carboxylic acids is 1. The summed E-state index contributed by atoms with van der Waals surface area (Å²) < 4.78 is 4.41. The van der Waals surface area contributed by atoms with Crippen molar-refractivity contribution in [1.29, 1.82) is 0 Å². The van der Waals surface area contributed by atoms with E-state index in [2.05, 4.69) is 4.74 Å². The minimum absolute atomic E-state index is 0.0926. The molecule has 4 nitrogen and oxygen atoms in total. The number of aliphatic hydroxyl groups is 2. The van der Waals surface area contributed by atoms with Gasteiger partial charge in [-0.3, -0.25) is 4.79 Å². The van der Waals surface area contributed by atoms with Gasteiger partial charge in [-0.1, -0.05) is 0 Å². The monoisotopic (exact) mass is 164 g/mol. The number of ether oxygens (including phenoxy) is 1. The predicted octanol–water partition coefficient (Wildman–Crippen LogP) is -0.0711. The van der Waals surface area contributed by atoms with Crippen molar-refractivity contribution >= 4 is 5.97 Å². The van der Waals surface area contributed by atoms with Gasteiger partial charge in [-0.25, -0.2) is 0 Å². The molecule has 68 valence electrons. The average molecular weight is 164 g/mol. The van der Waals surface area contributed by atoms with E-state index < -0.39 is 6.10 Å². The first-order chi connectivity index (χ1) is 5.04. The van der Waals surface area contributed by atoms with Gasteiger partial charge in [-0.15, -0.1) is 0 Å². The summed E-state index contributed by atoms with van der Waals surface area (Å²) in [5.41, 5.74) is 0. The molecule has 0 rings (SSSR count). The first-order valence-electron chi connectivity index (χ1n) is 3.46. The van der Waals surface area contributed by atoms with Crippen molar-refractivity contribution in [2.75, 3.05) is 13.2 Å². The maximum Gasteiger partial charge on any atom is 0.302 e. The topological polar surface area (TPSA) is 66.8 Å². The van der Waals surface area contributed by atoms with E-state index in [4.69, 9.17) is 10.2 Å². The second-order valence-electron chi connectivity index (χ2n) is 1.97. The molecule has 0 aliphatic carbocycles. The minimum atomic E-state index is -0.557. The molecule has 0 radical (unpaired) electrons. The highest BCUT2D eigenvalue weighted by atomic mass is 16.5. The molecule has 0 aromatic heterocycles. The van der Waals surface area contributed by atoms with Crippen LogP contribution >= 0.6 is 0 Å². The number of hydrogen-bond acceptors (Lipinski definition) is 4. The Bertz CT molecular complexity index is 90.4. The quantitative estimate of drug-likeness (QED) is 0.560. The van der Waals surface area contributed by atoms with Gasteiger partial charge in [0, 0.05) is 13.5 Å². The fraction of sp³-hybridized carbons (Fsp3) is 0.857. The third-order valence-electron chi connectivity index (χ3n) is 0.528. The lowest BCUT2D eigenvalue weighted by Gasteiger charge is -2.01. The zero-order valence-electron chi connectivity index (χ0n) is 7.20. The molecule has 0 aliphatic rings. The molecule has 0 bridgehead atoms. The Labute approximate surface area is 66.8 Å². The first-order valence-corrected chi connectivity index (χ1v) is 3.46. The van der Waals surface area contributed by atoms with Gasteiger partial charge in [0.15, 0.2) is 0 Å². The van der Waals surface area contributed by atoms with E-state index in [-0.39, 0.29) is 19.2 Å². The summed E-state index contributed by atoms with van der Waals surface area (Å²) >= 11 is 0. The van der Waals surface area contributed by atoms with Crippen LogP contribution in [0.25, 0.3) is 0 Å². The largest absolute Gasteiger partial charge is 0.463 e. The fourth-order valence-electron chi connectivity index (χ4n) is 0.238. The van der Waals surface area contributed by atoms with Crippen LogP contribution in [0.1, 0.15) is 20.8 Å². The van der Waals surface area contributed by atoms with Crippen molar-refractivity contribution in [3.8, 4) is 0 Å². The lowest BCUT2D eigenvalue weighted by molar-refractivity contribution is -0.143. The highest BCUT2D eigenvalue weighted by Gasteiger charge is 1.96. The number of aliphatic hydroxyl groups excluding tert-OH is 2. The molecule has 0 fully saturated rings. The van der Waals surface area contributed by atoms with Crippen LogP contribution in [-0.4, -0.2) is 35.5 Å². The molecule has 4 heteroatoms. The molecule has 0 saturated heterocycles. The summed E-state index contributed by atoms with van der Waals surface area (Å²) in [5.74, 6) is -0.356. The highest BCUT2D eigenvalue weighted by molar-refractivity contribution is 5.65. The van der Waals surface area contributed by atoms with Crippen LogP contribution in [-0.2, 0) is 9.53 Å². The van der Waals surface area contributed by atoms with E-state index in [1.54, 1.807) is 13.8 Å². The van der Waals surface area contributed by atoms with E-state index in [0.717, 1.165) is 0 Å². The second-order valence-corrected chi connectivity index (χ2v) is 1.97. The molecule has 0 saturated carbocycles. The molecule has 2 N–H and O–H groups in total. The predicted molar refractivity (Wildman–Crippen MR) is 41.1 cm³/mol. The van der Waals surface area contributed by atoms with Crippen molar-refractivity contribution in [3.63, 3.8) is 0 Å². The van der Waals surface area contributed by atoms with Crippen molar-refractivity contribution in [3.05, 3.63) is 0 Å². The molecule has 0 heterocycles. The minimum Gasteiger partial charge on any atom is -0.463 e. The Morgan fingerprint density at radius 2 is 2.00 bits per heavy atom. The van der Waals surface area contributed by atoms with Crippen molar-refractivity contribution in [1.82, 2.24) is 0 Å². The molecule has 0 aromatic carbocycles. The Balaban J connectivity index is 0. The van der Waals surface area contributed by atoms with Crippen molar-refractivity contribution in [2.24, 2.45) is 0 Å². The standard InChI is InChI=1S/C5H10O3.C2H6O/c1-4(6)3-8-5(2)7;1-2-3/h4,6H,3H2,1-2H3;3H,2H2,1H3. The van der Waals surface area contributed by atoms with Gasteiger partial charge in [0.05, 0.1) is 6.10 Å². The Kier molecular flexibility index (Phi) is 11.1. The van der Waals surface area contributed by atoms with Crippen LogP contribution < -0.4 is 0 Å². The van der Waals surface area contributed by atoms with Crippen molar-refractivity contribution < 1.29 is 19.7 Å². The van der Waals surface area contributed by atoms with E-state index in [0.29, 0.717) is 0 Å². The summed E-state index contributed by atoms with van der Waals surface area (Å²) in [5, 5.41) is 16.1. The SMILES string of the molecule is CC(=O)OCC(C)O.CCO. The molecule has 0 aliphatic heterocycles. The summed E-state index contributed by atoms with van der Waals surface area (Å²) in [6.07, 6.45) is -0.557. The first kappa shape index (κ1) is 13.0. The van der Waals surface area contributed by atoms with Crippen LogP contribution in [0, 0.1) is 0 Å². The smallest absolute Gasteiger partial charge is 0.302 e. The van der Waals surface area contributed by atoms with Crippen LogP contribution in [0.3, 0.4) is 0 Å². The van der Waals surface area contributed by atoms with Crippen LogP contribution in [0.15, 0.2) is 0 Å². The Hall–Kier alpha value is -0.610. The van der Waals surface area contributed by atoms with E-state index in [9.17, 15) is 4.79 Å². The molecule has 11 heavy (non-hydrogen) atoms. The number of rotatable bonds is 2. The van der Waals surface area contributed by atoms with Crippen LogP contribution in [0.4, 0.5) is 0 Å². The molecule has 0 spiro atoms. The van der Waals surface area contributed by atoms with Gasteiger partial charge in [0.2, 0.25) is 0 Å². The van der Waals surface area contributed by atoms with E-state index in [1.807, 2.05) is 0 Å². The summed E-state index contributed by atoms with van der Waals surface area (Å²) in [6, 6.07) is 0. The molecule has 1 atom stereocenters. The third-order valence-corrected chi connectivity index (χ3v) is 0.528. The second kappa shape index (κ2) is 9.39. The van der Waals surface area contributed by atoms with Gasteiger partial charge in [0.25, 0.3) is 0 Å². The summed E-state index contributed by atoms with van der Waals surface area (Å²) in [7, 11) is 0. The molecular formula is C7H16O4. The molecule has 1 unspecified atom stereocenters. The maximum atomic E-state index is 10.0. The lowest BCUT2D eigenvalue weighted by atomic mass is 10.4. The van der Waals surface area contributed by atoms with Gasteiger partial charge in [-0.05, 0) is 13.8 Å². The Morgan fingerprint density at radius 3 is 2.09 bits per heavy atom. The average Bonchev–Trinajstić information content (AvgIpc) is 1.85. The fourth-order valence-corrected chi connectivity index (χ4v) is 0.238. The lowest BCUT2D eigenvalue weighted by Crippen LogP contribution is -2.12. The van der Waals surface area contributed by atoms with Gasteiger partial charge >= 0.3 is 5.97 Å². The summed E-state index contributed by atoms with van der Waals surface area (Å²) in [4.78, 5) is 10.0. The zero-order chi connectivity index (χ0) is 9.28. The van der Waals surface area contributed by atoms with Gasteiger partial charge in [-0.2, -0.15) is 0 Å². The molecule has 0 aromatic rings. The molecule has 0 amide bonds. The van der Waals surface area contributed by atoms with Crippen LogP contribution in [0.2, 0.25) is 0 Å². The number of hydrogen-bond donors (Lipinski definition) is 2. The maximum absolute atomic E-state index is 10.0. The third kappa shape index (κ3) is 26.6. The zero-order valence-corrected chi connectivity index (χ0v) is 7.20. The van der Waals surface area contributed by atoms with Gasteiger partial charge < -0.3 is 14.9 Å². The Morgan fingerprint density at radius 1 is 1.64 bits per heavy atom. The number of carbonyl (C=O) groups is 1. The van der Waals surface area contributed by atoms with E-state index >= 15 is 0 Å². The molecular weight excluding hydrogens is 148 g/mol.